The van der Waals surface area contributed by atoms with Gasteiger partial charge in [0.05, 0.1) is 12.1 Å². The van der Waals surface area contributed by atoms with Gasteiger partial charge in [-0.05, 0) is 30.4 Å². The van der Waals surface area contributed by atoms with Crippen LogP contribution in [0.25, 0.3) is 0 Å². The number of hydrogen-bond acceptors (Lipinski definition) is 3. The molecular formula is C15H22N2OS. The molecule has 0 aromatic heterocycles. The van der Waals surface area contributed by atoms with Crippen LogP contribution in [0.15, 0.2) is 24.3 Å². The number of aryl methyl sites for hydroxylation is 1. The summed E-state index contributed by atoms with van der Waals surface area (Å²) >= 11 is 1.79. The van der Waals surface area contributed by atoms with Crippen LogP contribution >= 0.6 is 11.8 Å². The maximum Gasteiger partial charge on any atom is 0.238 e. The van der Waals surface area contributed by atoms with Crippen LogP contribution < -0.4 is 10.6 Å². The molecule has 1 unspecified atom stereocenters. The molecule has 1 aromatic rings. The molecule has 1 aromatic carbocycles. The molecule has 4 heteroatoms. The van der Waals surface area contributed by atoms with E-state index in [2.05, 4.69) is 34.9 Å². The van der Waals surface area contributed by atoms with Crippen LogP contribution in [0.3, 0.4) is 0 Å². The number of nitrogens with one attached hydrogen (secondary N) is 2. The van der Waals surface area contributed by atoms with Crippen molar-refractivity contribution in [1.82, 2.24) is 10.6 Å². The smallest absolute Gasteiger partial charge is 0.238 e. The van der Waals surface area contributed by atoms with E-state index in [9.17, 15) is 4.79 Å². The van der Waals surface area contributed by atoms with Gasteiger partial charge in [-0.1, -0.05) is 31.7 Å². The molecule has 1 fully saturated rings. The van der Waals surface area contributed by atoms with Crippen LogP contribution in [0.5, 0.6) is 0 Å². The topological polar surface area (TPSA) is 41.1 Å². The zero-order valence-corrected chi connectivity index (χ0v) is 11.1. The van der Waals surface area contributed by atoms with E-state index in [4.69, 9.17) is 0 Å². The van der Waals surface area contributed by atoms with Crippen LogP contribution in [0.2, 0.25) is 0 Å². The molecule has 1 aliphatic heterocycles. The Morgan fingerprint density at radius 1 is 1.37 bits per heavy atom. The van der Waals surface area contributed by atoms with Crippen molar-refractivity contribution in [2.24, 2.45) is 0 Å². The number of amides is 1. The van der Waals surface area contributed by atoms with Gasteiger partial charge in [0.2, 0.25) is 5.91 Å². The number of benzene rings is 1. The zero-order valence-electron chi connectivity index (χ0n) is 10.3. The van der Waals surface area contributed by atoms with Crippen molar-refractivity contribution in [1.29, 1.82) is 0 Å². The van der Waals surface area contributed by atoms with Crippen LogP contribution in [0, 0.1) is 0 Å². The zero-order chi connectivity index (χ0) is 12.4. The summed E-state index contributed by atoms with van der Waals surface area (Å²) in [4.78, 5) is 12.1. The third-order valence-electron chi connectivity index (χ3n) is 3.72. The lowest BCUT2D eigenvalue weighted by atomic mass is 9.87. The highest BCUT2D eigenvalue weighted by molar-refractivity contribution is 7.99. The number of rotatable bonds is 2. The minimum atomic E-state index is -0.0101. The first-order valence-corrected chi connectivity index (χ1v) is 7.69. The van der Waals surface area contributed by atoms with Crippen molar-refractivity contribution in [3.05, 3.63) is 35.4 Å². The molecule has 0 radical (unpaired) electrons. The first-order chi connectivity index (χ1) is 8.84. The number of hydrogen-bond donors (Lipinski definition) is 2. The first kappa shape index (κ1) is 14.4. The molecule has 1 aliphatic carbocycles. The fraction of sp³-hybridized carbons (Fsp3) is 0.533. The van der Waals surface area contributed by atoms with Gasteiger partial charge in [0.1, 0.15) is 0 Å². The first-order valence-electron chi connectivity index (χ1n) is 6.54. The molecule has 3 rings (SSSR count). The monoisotopic (exact) mass is 278 g/mol. The van der Waals surface area contributed by atoms with E-state index in [1.807, 2.05) is 0 Å². The summed E-state index contributed by atoms with van der Waals surface area (Å²) in [6.45, 7) is 0. The normalized spacial score (nSPS) is 25.3. The second-order valence-corrected chi connectivity index (χ2v) is 5.95. The Hall–Kier alpha value is -1.00. The molecular weight excluding hydrogens is 256 g/mol. The summed E-state index contributed by atoms with van der Waals surface area (Å²) in [5, 5.41) is 6.42. The Morgan fingerprint density at radius 2 is 2.21 bits per heavy atom. The minimum absolute atomic E-state index is 0. The van der Waals surface area contributed by atoms with E-state index in [0.29, 0.717) is 0 Å². The van der Waals surface area contributed by atoms with Gasteiger partial charge in [-0.3, -0.25) is 10.1 Å². The average molecular weight is 278 g/mol. The molecule has 19 heavy (non-hydrogen) atoms. The van der Waals surface area contributed by atoms with E-state index in [1.165, 1.54) is 11.1 Å². The molecule has 1 amide bonds. The van der Waals surface area contributed by atoms with Gasteiger partial charge in [0.25, 0.3) is 0 Å². The maximum absolute atomic E-state index is 12.1. The summed E-state index contributed by atoms with van der Waals surface area (Å²) in [6.07, 6.45) is 3.36. The molecule has 1 heterocycles. The maximum atomic E-state index is 12.1. The van der Waals surface area contributed by atoms with E-state index < -0.39 is 0 Å². The van der Waals surface area contributed by atoms with Crippen molar-refractivity contribution in [2.45, 2.75) is 38.8 Å². The molecule has 3 nitrogen and oxygen atoms in total. The van der Waals surface area contributed by atoms with Gasteiger partial charge >= 0.3 is 0 Å². The van der Waals surface area contributed by atoms with Crippen molar-refractivity contribution in [2.75, 3.05) is 11.6 Å². The summed E-state index contributed by atoms with van der Waals surface area (Å²) in [5.41, 5.74) is 2.70. The largest absolute Gasteiger partial charge is 0.348 e. The second kappa shape index (κ2) is 6.44. The molecule has 0 saturated carbocycles. The molecule has 1 saturated heterocycles. The number of thioether (sulfide) groups is 1. The number of carbonyl (C=O) groups excluding carboxylic acids is 1. The fourth-order valence-electron chi connectivity index (χ4n) is 2.74. The van der Waals surface area contributed by atoms with Gasteiger partial charge in [0, 0.05) is 11.6 Å². The molecule has 0 bridgehead atoms. The SMILES string of the molecule is C.O=C(N[C@@H]1CCCc2ccccc21)C1CSCN1. The lowest BCUT2D eigenvalue weighted by Gasteiger charge is -2.27. The van der Waals surface area contributed by atoms with Gasteiger partial charge < -0.3 is 5.32 Å². The molecule has 2 atom stereocenters. The Labute approximate surface area is 119 Å². The van der Waals surface area contributed by atoms with Crippen LogP contribution in [0.1, 0.15) is 37.4 Å². The highest BCUT2D eigenvalue weighted by atomic mass is 32.2. The standard InChI is InChI=1S/C14H18N2OS.CH4/c17-14(13-8-18-9-15-13)16-12-7-3-5-10-4-1-2-6-11(10)12;/h1-2,4,6,12-13,15H,3,5,7-9H2,(H,16,17);1H4/t12-,13?;/m1./s1. The van der Waals surface area contributed by atoms with Crippen molar-refractivity contribution in [3.8, 4) is 0 Å². The molecule has 104 valence electrons. The quantitative estimate of drug-likeness (QED) is 0.873. The Balaban J connectivity index is 0.00000133. The lowest BCUT2D eigenvalue weighted by Crippen LogP contribution is -2.44. The third kappa shape index (κ3) is 3.12. The fourth-order valence-corrected chi connectivity index (χ4v) is 3.68. The summed E-state index contributed by atoms with van der Waals surface area (Å²) in [7, 11) is 0. The van der Waals surface area contributed by atoms with Gasteiger partial charge in [0.15, 0.2) is 0 Å². The van der Waals surface area contributed by atoms with Gasteiger partial charge in [-0.2, -0.15) is 0 Å². The lowest BCUT2D eigenvalue weighted by molar-refractivity contribution is -0.123. The third-order valence-corrected chi connectivity index (χ3v) is 4.66. The summed E-state index contributed by atoms with van der Waals surface area (Å²) < 4.78 is 0. The number of fused-ring (bicyclic) bond motifs is 1. The van der Waals surface area contributed by atoms with Crippen LogP contribution in [-0.2, 0) is 11.2 Å². The molecule has 2 N–H and O–H groups in total. The van der Waals surface area contributed by atoms with E-state index in [-0.39, 0.29) is 25.4 Å². The highest BCUT2D eigenvalue weighted by Gasteiger charge is 2.27. The predicted molar refractivity (Wildman–Crippen MR) is 81.2 cm³/mol. The Bertz CT molecular complexity index is 444. The van der Waals surface area contributed by atoms with Crippen LogP contribution in [0.4, 0.5) is 0 Å². The molecule has 0 spiro atoms. The Morgan fingerprint density at radius 3 is 3.00 bits per heavy atom. The van der Waals surface area contributed by atoms with E-state index in [0.717, 1.165) is 30.9 Å². The van der Waals surface area contributed by atoms with Crippen molar-refractivity contribution >= 4 is 17.7 Å². The van der Waals surface area contributed by atoms with Crippen molar-refractivity contribution < 1.29 is 4.79 Å². The van der Waals surface area contributed by atoms with Crippen LogP contribution in [-0.4, -0.2) is 23.6 Å². The van der Waals surface area contributed by atoms with E-state index in [1.54, 1.807) is 11.8 Å². The van der Waals surface area contributed by atoms with Gasteiger partial charge in [-0.15, -0.1) is 11.8 Å². The highest BCUT2D eigenvalue weighted by Crippen LogP contribution is 2.29. The predicted octanol–water partition coefficient (Wildman–Crippen LogP) is 2.48. The second-order valence-electron chi connectivity index (χ2n) is 4.92. The van der Waals surface area contributed by atoms with E-state index >= 15 is 0 Å². The molecule has 2 aliphatic rings. The minimum Gasteiger partial charge on any atom is -0.348 e. The van der Waals surface area contributed by atoms with Crippen molar-refractivity contribution in [3.63, 3.8) is 0 Å². The summed E-state index contributed by atoms with van der Waals surface area (Å²) in [5.74, 6) is 1.93. The van der Waals surface area contributed by atoms with Gasteiger partial charge in [-0.25, -0.2) is 0 Å². The number of carbonyl (C=O) groups is 1. The average Bonchev–Trinajstić information content (AvgIpc) is 2.93. The Kier molecular flexibility index (Phi) is 4.88. The summed E-state index contributed by atoms with van der Waals surface area (Å²) in [6, 6.07) is 8.66.